The number of carbonyl (C=O) groups excluding carboxylic acids is 1. The van der Waals surface area contributed by atoms with Crippen LogP contribution < -0.4 is 14.8 Å². The van der Waals surface area contributed by atoms with Crippen molar-refractivity contribution < 1.29 is 14.3 Å². The van der Waals surface area contributed by atoms with Crippen LogP contribution in [0.3, 0.4) is 0 Å². The lowest BCUT2D eigenvalue weighted by Gasteiger charge is -2.05. The molecule has 0 fully saturated rings. The number of thiazole rings is 1. The van der Waals surface area contributed by atoms with Crippen LogP contribution in [0.25, 0.3) is 10.2 Å². The highest BCUT2D eigenvalue weighted by atomic mass is 32.1. The second kappa shape index (κ2) is 6.66. The van der Waals surface area contributed by atoms with E-state index in [9.17, 15) is 4.79 Å². The van der Waals surface area contributed by atoms with E-state index in [-0.39, 0.29) is 5.91 Å². The Morgan fingerprint density at radius 2 is 1.83 bits per heavy atom. The first-order valence-electron chi connectivity index (χ1n) is 7.06. The molecule has 0 spiro atoms. The molecule has 1 aromatic heterocycles. The lowest BCUT2D eigenvalue weighted by Crippen LogP contribution is -2.13. The number of aromatic nitrogens is 1. The SMILES string of the molecule is COc1cc2nc(NC(=O)Cc3ccccc3)sc2cc1OC. The second-order valence-corrected chi connectivity index (χ2v) is 5.94. The van der Waals surface area contributed by atoms with Crippen LogP contribution >= 0.6 is 11.3 Å². The van der Waals surface area contributed by atoms with E-state index in [1.54, 1.807) is 20.3 Å². The van der Waals surface area contributed by atoms with Gasteiger partial charge in [0.1, 0.15) is 0 Å². The second-order valence-electron chi connectivity index (χ2n) is 4.90. The van der Waals surface area contributed by atoms with Gasteiger partial charge < -0.3 is 14.8 Å². The summed E-state index contributed by atoms with van der Waals surface area (Å²) >= 11 is 1.41. The Balaban J connectivity index is 1.79. The van der Waals surface area contributed by atoms with Crippen molar-refractivity contribution in [3.63, 3.8) is 0 Å². The molecule has 5 nitrogen and oxygen atoms in total. The first-order chi connectivity index (χ1) is 11.2. The molecule has 3 rings (SSSR count). The molecular formula is C17H16N2O3S. The summed E-state index contributed by atoms with van der Waals surface area (Å²) in [6.07, 6.45) is 0.323. The minimum absolute atomic E-state index is 0.0887. The minimum Gasteiger partial charge on any atom is -0.493 e. The fraction of sp³-hybridized carbons (Fsp3) is 0.176. The average molecular weight is 328 g/mol. The van der Waals surface area contributed by atoms with Gasteiger partial charge in [0.05, 0.1) is 30.9 Å². The maximum absolute atomic E-state index is 12.1. The lowest BCUT2D eigenvalue weighted by molar-refractivity contribution is -0.115. The molecule has 0 saturated carbocycles. The van der Waals surface area contributed by atoms with Gasteiger partial charge >= 0.3 is 0 Å². The number of nitrogens with zero attached hydrogens (tertiary/aromatic N) is 1. The molecule has 0 aliphatic rings. The maximum atomic E-state index is 12.1. The first-order valence-corrected chi connectivity index (χ1v) is 7.87. The summed E-state index contributed by atoms with van der Waals surface area (Å²) in [4.78, 5) is 16.5. The number of nitrogens with one attached hydrogen (secondary N) is 1. The van der Waals surface area contributed by atoms with Crippen LogP contribution in [-0.2, 0) is 11.2 Å². The predicted octanol–water partition coefficient (Wildman–Crippen LogP) is 3.49. The van der Waals surface area contributed by atoms with Crippen molar-refractivity contribution in [2.75, 3.05) is 19.5 Å². The summed E-state index contributed by atoms with van der Waals surface area (Å²) in [5, 5.41) is 3.41. The minimum atomic E-state index is -0.0887. The molecule has 0 bridgehead atoms. The van der Waals surface area contributed by atoms with Gasteiger partial charge in [0.25, 0.3) is 0 Å². The number of benzene rings is 2. The topological polar surface area (TPSA) is 60.5 Å². The number of hydrogen-bond donors (Lipinski definition) is 1. The van der Waals surface area contributed by atoms with Crippen LogP contribution in [0, 0.1) is 0 Å². The zero-order chi connectivity index (χ0) is 16.2. The highest BCUT2D eigenvalue weighted by molar-refractivity contribution is 7.22. The standard InChI is InChI=1S/C17H16N2O3S/c1-21-13-9-12-15(10-14(13)22-2)23-17(18-12)19-16(20)8-11-6-4-3-5-7-11/h3-7,9-10H,8H2,1-2H3,(H,18,19,20). The summed E-state index contributed by atoms with van der Waals surface area (Å²) < 4.78 is 11.5. The molecule has 2 aromatic carbocycles. The van der Waals surface area contributed by atoms with Gasteiger partial charge in [-0.05, 0) is 5.56 Å². The van der Waals surface area contributed by atoms with E-state index in [2.05, 4.69) is 10.3 Å². The lowest BCUT2D eigenvalue weighted by atomic mass is 10.1. The predicted molar refractivity (Wildman–Crippen MR) is 91.5 cm³/mol. The average Bonchev–Trinajstić information content (AvgIpc) is 2.95. The van der Waals surface area contributed by atoms with E-state index in [1.807, 2.05) is 36.4 Å². The van der Waals surface area contributed by atoms with E-state index in [0.29, 0.717) is 23.1 Å². The Morgan fingerprint density at radius 1 is 1.13 bits per heavy atom. The number of amides is 1. The van der Waals surface area contributed by atoms with E-state index in [1.165, 1.54) is 11.3 Å². The summed E-state index contributed by atoms with van der Waals surface area (Å²) in [5.41, 5.74) is 1.73. The summed E-state index contributed by atoms with van der Waals surface area (Å²) in [6, 6.07) is 13.3. The molecular weight excluding hydrogens is 312 g/mol. The molecule has 1 amide bonds. The molecule has 0 radical (unpaired) electrons. The van der Waals surface area contributed by atoms with Crippen molar-refractivity contribution in [1.82, 2.24) is 4.98 Å². The van der Waals surface area contributed by atoms with E-state index >= 15 is 0 Å². The fourth-order valence-electron chi connectivity index (χ4n) is 2.25. The summed E-state index contributed by atoms with van der Waals surface area (Å²) in [5.74, 6) is 1.17. The fourth-order valence-corrected chi connectivity index (χ4v) is 3.15. The zero-order valence-corrected chi connectivity index (χ0v) is 13.6. The number of rotatable bonds is 5. The number of ether oxygens (including phenoxy) is 2. The molecule has 1 heterocycles. The van der Waals surface area contributed by atoms with E-state index < -0.39 is 0 Å². The highest BCUT2D eigenvalue weighted by Gasteiger charge is 2.12. The Bertz CT molecular complexity index is 789. The first kappa shape index (κ1) is 15.3. The molecule has 0 aliphatic heterocycles. The quantitative estimate of drug-likeness (QED) is 0.779. The van der Waals surface area contributed by atoms with Gasteiger partial charge in [-0.15, -0.1) is 0 Å². The monoisotopic (exact) mass is 328 g/mol. The summed E-state index contributed by atoms with van der Waals surface area (Å²) in [6.45, 7) is 0. The highest BCUT2D eigenvalue weighted by Crippen LogP contribution is 2.36. The van der Waals surface area contributed by atoms with Crippen LogP contribution in [0.1, 0.15) is 5.56 Å². The smallest absolute Gasteiger partial charge is 0.230 e. The van der Waals surface area contributed by atoms with Crippen molar-refractivity contribution in [1.29, 1.82) is 0 Å². The third-order valence-corrected chi connectivity index (χ3v) is 4.28. The van der Waals surface area contributed by atoms with Gasteiger partial charge in [-0.1, -0.05) is 41.7 Å². The number of anilines is 1. The van der Waals surface area contributed by atoms with Crippen molar-refractivity contribution in [3.05, 3.63) is 48.0 Å². The van der Waals surface area contributed by atoms with Crippen molar-refractivity contribution in [3.8, 4) is 11.5 Å². The molecule has 1 N–H and O–H groups in total. The molecule has 3 aromatic rings. The van der Waals surface area contributed by atoms with Gasteiger partial charge in [0.2, 0.25) is 5.91 Å². The Morgan fingerprint density at radius 3 is 2.52 bits per heavy atom. The third kappa shape index (κ3) is 3.43. The number of fused-ring (bicyclic) bond motifs is 1. The van der Waals surface area contributed by atoms with Gasteiger partial charge in [0, 0.05) is 12.1 Å². The largest absolute Gasteiger partial charge is 0.493 e. The molecule has 6 heteroatoms. The molecule has 0 unspecified atom stereocenters. The van der Waals surface area contributed by atoms with Gasteiger partial charge in [0.15, 0.2) is 16.6 Å². The van der Waals surface area contributed by atoms with Crippen molar-refractivity contribution in [2.24, 2.45) is 0 Å². The van der Waals surface area contributed by atoms with Gasteiger partial charge in [-0.2, -0.15) is 0 Å². The molecule has 0 aliphatic carbocycles. The Hall–Kier alpha value is -2.60. The van der Waals surface area contributed by atoms with E-state index in [4.69, 9.17) is 9.47 Å². The number of hydrogen-bond acceptors (Lipinski definition) is 5. The molecule has 0 atom stereocenters. The van der Waals surface area contributed by atoms with Gasteiger partial charge in [-0.25, -0.2) is 4.98 Å². The van der Waals surface area contributed by atoms with Crippen LogP contribution in [0.15, 0.2) is 42.5 Å². The number of carbonyl (C=O) groups is 1. The van der Waals surface area contributed by atoms with Crippen LogP contribution in [0.4, 0.5) is 5.13 Å². The molecule has 23 heavy (non-hydrogen) atoms. The van der Waals surface area contributed by atoms with Crippen LogP contribution in [0.2, 0.25) is 0 Å². The van der Waals surface area contributed by atoms with Crippen molar-refractivity contribution in [2.45, 2.75) is 6.42 Å². The van der Waals surface area contributed by atoms with Crippen LogP contribution in [-0.4, -0.2) is 25.1 Å². The molecule has 0 saturated heterocycles. The van der Waals surface area contributed by atoms with Crippen LogP contribution in [0.5, 0.6) is 11.5 Å². The van der Waals surface area contributed by atoms with Crippen molar-refractivity contribution >= 4 is 32.6 Å². The third-order valence-electron chi connectivity index (χ3n) is 3.35. The zero-order valence-electron chi connectivity index (χ0n) is 12.8. The number of methoxy groups -OCH3 is 2. The summed E-state index contributed by atoms with van der Waals surface area (Å²) in [7, 11) is 3.17. The Kier molecular flexibility index (Phi) is 4.43. The normalized spacial score (nSPS) is 10.5. The maximum Gasteiger partial charge on any atom is 0.230 e. The molecule has 118 valence electrons. The Labute approximate surface area is 137 Å². The van der Waals surface area contributed by atoms with E-state index in [0.717, 1.165) is 15.8 Å². The van der Waals surface area contributed by atoms with Gasteiger partial charge in [-0.3, -0.25) is 4.79 Å².